The molecule has 2 amide bonds. The zero-order valence-electron chi connectivity index (χ0n) is 21.8. The maximum atomic E-state index is 13.9. The largest absolute Gasteiger partial charge is 0.350 e. The van der Waals surface area contributed by atoms with Crippen LogP contribution in [0, 0.1) is 0 Å². The molecule has 2 atom stereocenters. The number of carbonyl (C=O) groups excluding carboxylic acids is 2. The number of nitrogens with one attached hydrogen (secondary N) is 1. The maximum Gasteiger partial charge on any atom is 0.255 e. The van der Waals surface area contributed by atoms with E-state index < -0.39 is 35.8 Å². The van der Waals surface area contributed by atoms with Gasteiger partial charge in [0.1, 0.15) is 6.04 Å². The van der Waals surface area contributed by atoms with Crippen LogP contribution in [0.4, 0.5) is 0 Å². The molecule has 0 aliphatic heterocycles. The van der Waals surface area contributed by atoms with Gasteiger partial charge in [-0.25, -0.2) is 0 Å². The van der Waals surface area contributed by atoms with E-state index in [1.807, 2.05) is 94.4 Å². The molecule has 3 rings (SSSR count). The second kappa shape index (κ2) is 11.0. The predicted molar refractivity (Wildman–Crippen MR) is 134 cm³/mol. The highest BCUT2D eigenvalue weighted by Gasteiger charge is 2.35. The van der Waals surface area contributed by atoms with Crippen molar-refractivity contribution in [2.75, 3.05) is 0 Å². The third-order valence-corrected chi connectivity index (χ3v) is 5.32. The van der Waals surface area contributed by atoms with E-state index in [-0.39, 0.29) is 6.42 Å². The monoisotopic (exact) mass is 444 g/mol. The summed E-state index contributed by atoms with van der Waals surface area (Å²) in [6.45, 7) is 7.38. The van der Waals surface area contributed by atoms with E-state index in [0.29, 0.717) is 5.56 Å². The van der Waals surface area contributed by atoms with E-state index in [1.54, 1.807) is 24.3 Å². The highest BCUT2D eigenvalue weighted by Crippen LogP contribution is 2.27. The van der Waals surface area contributed by atoms with Crippen LogP contribution in [0.25, 0.3) is 0 Å². The number of aryl methyl sites for hydroxylation is 1. The fraction of sp³-hybridized carbons (Fsp3) is 0.310. The van der Waals surface area contributed by atoms with Crippen LogP contribution in [0.5, 0.6) is 0 Å². The van der Waals surface area contributed by atoms with Crippen LogP contribution < -0.4 is 5.32 Å². The summed E-state index contributed by atoms with van der Waals surface area (Å²) in [5.74, 6) is -0.918. The summed E-state index contributed by atoms with van der Waals surface area (Å²) in [6.07, 6.45) is -2.07. The highest BCUT2D eigenvalue weighted by molar-refractivity contribution is 5.98. The Bertz CT molecular complexity index is 1110. The summed E-state index contributed by atoms with van der Waals surface area (Å²) >= 11 is 0. The van der Waals surface area contributed by atoms with Gasteiger partial charge < -0.3 is 10.2 Å². The van der Waals surface area contributed by atoms with Crippen LogP contribution in [-0.4, -0.2) is 28.3 Å². The van der Waals surface area contributed by atoms with E-state index >= 15 is 0 Å². The molecule has 1 N–H and O–H groups in total. The van der Waals surface area contributed by atoms with Gasteiger partial charge in [-0.3, -0.25) is 9.59 Å². The molecule has 4 heteroatoms. The summed E-state index contributed by atoms with van der Waals surface area (Å²) in [7, 11) is 0. The van der Waals surface area contributed by atoms with Gasteiger partial charge in [-0.05, 0) is 63.7 Å². The lowest BCUT2D eigenvalue weighted by atomic mass is 9.97. The number of amides is 2. The molecule has 0 spiro atoms. The molecule has 0 radical (unpaired) electrons. The molecule has 0 fully saturated rings. The molecule has 0 heterocycles. The minimum Gasteiger partial charge on any atom is -0.350 e. The van der Waals surface area contributed by atoms with Crippen LogP contribution in [0.3, 0.4) is 0 Å². The highest BCUT2D eigenvalue weighted by atomic mass is 16.2. The van der Waals surface area contributed by atoms with E-state index in [9.17, 15) is 9.59 Å². The second-order valence-corrected chi connectivity index (χ2v) is 9.17. The average molecular weight is 445 g/mol. The third-order valence-electron chi connectivity index (χ3n) is 5.32. The van der Waals surface area contributed by atoms with Crippen LogP contribution in [0.15, 0.2) is 91.0 Å². The molecule has 0 saturated carbocycles. The first-order valence-electron chi connectivity index (χ1n) is 12.3. The van der Waals surface area contributed by atoms with Gasteiger partial charge in [0, 0.05) is 13.8 Å². The van der Waals surface area contributed by atoms with Crippen molar-refractivity contribution >= 4 is 11.8 Å². The number of rotatable bonds is 8. The van der Waals surface area contributed by atoms with Gasteiger partial charge in [0.05, 0.1) is 6.04 Å². The number of hydrogen-bond donors (Lipinski definition) is 1. The van der Waals surface area contributed by atoms with Gasteiger partial charge >= 0.3 is 0 Å². The molecular formula is C29H34N2O2. The summed E-state index contributed by atoms with van der Waals surface area (Å²) in [4.78, 5) is 29.1. The van der Waals surface area contributed by atoms with Crippen molar-refractivity contribution in [2.24, 2.45) is 0 Å². The first kappa shape index (κ1) is 21.4. The van der Waals surface area contributed by atoms with Crippen LogP contribution in [0.1, 0.15) is 64.3 Å². The standard InChI is InChI=1S/C29H34N2O2/c1-22(24-16-10-6-11-17-24)31(28(33)25-18-12-7-13-19-25)26(27(32)30-29(2,3)4)21-20-23-14-8-5-9-15-23/h5-19,22,26H,20-21H2,1-4H3,(H,30,32)/t22-,26-/m1/s1/i21D2. The molecule has 0 aliphatic rings. The predicted octanol–water partition coefficient (Wildman–Crippen LogP) is 5.81. The lowest BCUT2D eigenvalue weighted by Crippen LogP contribution is -2.54. The third kappa shape index (κ3) is 6.79. The number of benzene rings is 3. The molecule has 0 unspecified atom stereocenters. The first-order valence-corrected chi connectivity index (χ1v) is 11.3. The van der Waals surface area contributed by atoms with Crippen molar-refractivity contribution < 1.29 is 12.3 Å². The van der Waals surface area contributed by atoms with Crippen molar-refractivity contribution in [2.45, 2.75) is 58.1 Å². The fourth-order valence-electron chi connectivity index (χ4n) is 3.70. The van der Waals surface area contributed by atoms with Crippen LogP contribution in [-0.2, 0) is 11.2 Å². The van der Waals surface area contributed by atoms with Crippen molar-refractivity contribution in [3.63, 3.8) is 0 Å². The Labute approximate surface area is 200 Å². The number of hydrogen-bond acceptors (Lipinski definition) is 2. The van der Waals surface area contributed by atoms with Gasteiger partial charge in [0.25, 0.3) is 5.91 Å². The molecule has 0 aliphatic carbocycles. The minimum absolute atomic E-state index is 0.0177. The number of nitrogens with zero attached hydrogens (tertiary/aromatic N) is 1. The molecular weight excluding hydrogens is 408 g/mol. The van der Waals surface area contributed by atoms with E-state index in [4.69, 9.17) is 2.74 Å². The summed E-state index contributed by atoms with van der Waals surface area (Å²) in [5, 5.41) is 2.93. The SMILES string of the molecule is [2H]C([2H])(Cc1ccccc1)[C@H](C(=O)NC(C)(C)C)N(C(=O)c1ccccc1)[C@H](C)c1ccccc1. The Morgan fingerprint density at radius 2 is 1.39 bits per heavy atom. The number of carbonyl (C=O) groups is 2. The van der Waals surface area contributed by atoms with E-state index in [0.717, 1.165) is 11.1 Å². The Kier molecular flexibility index (Phi) is 7.12. The van der Waals surface area contributed by atoms with Crippen molar-refractivity contribution in [1.82, 2.24) is 10.2 Å². The molecule has 0 aromatic heterocycles. The second-order valence-electron chi connectivity index (χ2n) is 9.17. The molecule has 4 nitrogen and oxygen atoms in total. The Balaban J connectivity index is 2.15. The van der Waals surface area contributed by atoms with Crippen molar-refractivity contribution in [1.29, 1.82) is 0 Å². The quantitative estimate of drug-likeness (QED) is 0.477. The lowest BCUT2D eigenvalue weighted by molar-refractivity contribution is -0.128. The maximum absolute atomic E-state index is 13.9. The van der Waals surface area contributed by atoms with Crippen molar-refractivity contribution in [3.8, 4) is 0 Å². The lowest BCUT2D eigenvalue weighted by Gasteiger charge is -2.38. The van der Waals surface area contributed by atoms with Gasteiger partial charge in [0.15, 0.2) is 0 Å². The van der Waals surface area contributed by atoms with Crippen LogP contribution >= 0.6 is 0 Å². The molecule has 3 aromatic carbocycles. The first-order chi connectivity index (χ1) is 16.5. The van der Waals surface area contributed by atoms with Gasteiger partial charge in [0.2, 0.25) is 5.91 Å². The summed E-state index contributed by atoms with van der Waals surface area (Å²) in [6, 6.07) is 25.5. The Hall–Kier alpha value is -3.40. The van der Waals surface area contributed by atoms with E-state index in [1.165, 1.54) is 4.90 Å². The molecule has 3 aromatic rings. The average Bonchev–Trinajstić information content (AvgIpc) is 2.81. The summed E-state index contributed by atoms with van der Waals surface area (Å²) in [5.41, 5.74) is 1.38. The van der Waals surface area contributed by atoms with Crippen molar-refractivity contribution in [3.05, 3.63) is 108 Å². The molecule has 172 valence electrons. The zero-order valence-corrected chi connectivity index (χ0v) is 19.8. The molecule has 0 saturated heterocycles. The Morgan fingerprint density at radius 3 is 1.94 bits per heavy atom. The van der Waals surface area contributed by atoms with E-state index in [2.05, 4.69) is 5.32 Å². The van der Waals surface area contributed by atoms with Gasteiger partial charge in [-0.15, -0.1) is 0 Å². The smallest absolute Gasteiger partial charge is 0.255 e. The fourth-order valence-corrected chi connectivity index (χ4v) is 3.70. The summed E-state index contributed by atoms with van der Waals surface area (Å²) < 4.78 is 18.2. The Morgan fingerprint density at radius 1 is 0.879 bits per heavy atom. The topological polar surface area (TPSA) is 49.4 Å². The zero-order chi connectivity index (χ0) is 25.6. The van der Waals surface area contributed by atoms with Gasteiger partial charge in [-0.1, -0.05) is 78.9 Å². The van der Waals surface area contributed by atoms with Gasteiger partial charge in [-0.2, -0.15) is 0 Å². The molecule has 33 heavy (non-hydrogen) atoms. The molecule has 0 bridgehead atoms. The minimum atomic E-state index is -2.05. The normalized spacial score (nSPS) is 14.4. The van der Waals surface area contributed by atoms with Crippen LogP contribution in [0.2, 0.25) is 0 Å².